The van der Waals surface area contributed by atoms with Gasteiger partial charge in [0.2, 0.25) is 0 Å². The molecule has 0 radical (unpaired) electrons. The highest BCUT2D eigenvalue weighted by molar-refractivity contribution is 6.56. The maximum absolute atomic E-state index is 14.2. The van der Waals surface area contributed by atoms with Crippen molar-refractivity contribution in [2.75, 3.05) is 106 Å². The molecule has 0 atom stereocenters. The second-order valence-electron chi connectivity index (χ2n) is 15.7. The molecular formula is C50H44Cl4N2O14. The lowest BCUT2D eigenvalue weighted by atomic mass is 9.82. The van der Waals surface area contributed by atoms with E-state index >= 15 is 0 Å². The third kappa shape index (κ3) is 10.4. The molecule has 2 heterocycles. The minimum atomic E-state index is -0.599. The minimum absolute atomic E-state index is 0.0137. The van der Waals surface area contributed by atoms with Gasteiger partial charge in [0.15, 0.2) is 0 Å². The summed E-state index contributed by atoms with van der Waals surface area (Å²) in [5.41, 5.74) is 1.07. The third-order valence-corrected chi connectivity index (χ3v) is 12.7. The van der Waals surface area contributed by atoms with E-state index in [0.717, 1.165) is 15.9 Å². The Labute approximate surface area is 420 Å². The molecule has 6 aromatic rings. The van der Waals surface area contributed by atoms with Crippen LogP contribution in [0.1, 0.15) is 51.8 Å². The molecule has 0 N–H and O–H groups in total. The average molecular weight is 1040 g/mol. The van der Waals surface area contributed by atoms with Gasteiger partial charge in [0.05, 0.1) is 120 Å². The largest absolute Gasteiger partial charge is 0.460 e. The average Bonchev–Trinajstić information content (AvgIpc) is 3.35. The zero-order valence-corrected chi connectivity index (χ0v) is 40.4. The number of esters is 2. The van der Waals surface area contributed by atoms with Crippen LogP contribution in [0.4, 0.5) is 0 Å². The Morgan fingerprint density at radius 2 is 0.743 bits per heavy atom. The van der Waals surface area contributed by atoms with Crippen molar-refractivity contribution in [3.63, 3.8) is 0 Å². The third-order valence-electron chi connectivity index (χ3n) is 11.5. The Kier molecular flexibility index (Phi) is 16.8. The highest BCUT2D eigenvalue weighted by Crippen LogP contribution is 2.53. The molecule has 0 bridgehead atoms. The van der Waals surface area contributed by atoms with Crippen LogP contribution in [-0.2, 0) is 42.7 Å². The number of fused-ring (bicyclic) bond motifs is 2. The smallest absolute Gasteiger partial charge is 0.338 e. The van der Waals surface area contributed by atoms with Gasteiger partial charge in [-0.05, 0) is 36.4 Å². The maximum atomic E-state index is 14.2. The van der Waals surface area contributed by atoms with Gasteiger partial charge in [-0.2, -0.15) is 0 Å². The highest BCUT2D eigenvalue weighted by Gasteiger charge is 2.39. The number of hydrogen-bond donors (Lipinski definition) is 0. The summed E-state index contributed by atoms with van der Waals surface area (Å²) in [4.78, 5) is 81.8. The molecule has 0 fully saturated rings. The first-order valence-corrected chi connectivity index (χ1v) is 23.6. The molecule has 16 nitrogen and oxygen atoms in total. The molecule has 8 rings (SSSR count). The Balaban J connectivity index is 0.906. The maximum Gasteiger partial charge on any atom is 0.338 e. The molecule has 0 aliphatic carbocycles. The molecule has 4 amide bonds. The molecule has 20 heteroatoms. The number of benzene rings is 6. The Morgan fingerprint density at radius 1 is 0.429 bits per heavy atom. The summed E-state index contributed by atoms with van der Waals surface area (Å²) in [6.07, 6.45) is 1.07. The van der Waals surface area contributed by atoms with Crippen molar-refractivity contribution in [1.82, 2.24) is 9.80 Å². The predicted molar refractivity (Wildman–Crippen MR) is 261 cm³/mol. The van der Waals surface area contributed by atoms with Crippen LogP contribution in [0.3, 0.4) is 0 Å². The van der Waals surface area contributed by atoms with Crippen molar-refractivity contribution in [3.8, 4) is 0 Å². The van der Waals surface area contributed by atoms with Crippen LogP contribution in [0.15, 0.2) is 67.3 Å². The van der Waals surface area contributed by atoms with Crippen molar-refractivity contribution in [1.29, 1.82) is 0 Å². The molecule has 0 saturated heterocycles. The van der Waals surface area contributed by atoms with Crippen molar-refractivity contribution >= 4 is 125 Å². The van der Waals surface area contributed by atoms with Gasteiger partial charge < -0.3 is 37.9 Å². The van der Waals surface area contributed by atoms with Crippen LogP contribution in [0, 0.1) is 0 Å². The molecule has 0 saturated carbocycles. The molecule has 0 spiro atoms. The summed E-state index contributed by atoms with van der Waals surface area (Å²) < 4.78 is 43.2. The van der Waals surface area contributed by atoms with Crippen LogP contribution in [0.5, 0.6) is 0 Å². The van der Waals surface area contributed by atoms with Gasteiger partial charge in [0.25, 0.3) is 23.6 Å². The lowest BCUT2D eigenvalue weighted by Gasteiger charge is -2.31. The van der Waals surface area contributed by atoms with Gasteiger partial charge in [-0.3, -0.25) is 29.0 Å². The van der Waals surface area contributed by atoms with E-state index in [4.69, 9.17) is 84.3 Å². The minimum Gasteiger partial charge on any atom is -0.460 e. The highest BCUT2D eigenvalue weighted by atomic mass is 35.5. The number of hydrogen-bond acceptors (Lipinski definition) is 14. The monoisotopic (exact) mass is 1040 g/mol. The molecule has 366 valence electrons. The zero-order valence-electron chi connectivity index (χ0n) is 37.4. The van der Waals surface area contributed by atoms with Crippen molar-refractivity contribution in [3.05, 3.63) is 115 Å². The fourth-order valence-electron chi connectivity index (χ4n) is 8.47. The van der Waals surface area contributed by atoms with E-state index in [1.54, 1.807) is 24.3 Å². The molecule has 0 aromatic heterocycles. The number of carbonyl (C=O) groups is 6. The second-order valence-corrected chi connectivity index (χ2v) is 17.3. The zero-order chi connectivity index (χ0) is 49.5. The van der Waals surface area contributed by atoms with Gasteiger partial charge in [0, 0.05) is 69.3 Å². The normalized spacial score (nSPS) is 13.5. The molecule has 2 aliphatic heterocycles. The van der Waals surface area contributed by atoms with E-state index in [1.165, 1.54) is 24.3 Å². The van der Waals surface area contributed by atoms with Crippen molar-refractivity contribution in [2.24, 2.45) is 0 Å². The Hall–Kier alpha value is -5.50. The van der Waals surface area contributed by atoms with Gasteiger partial charge in [0.1, 0.15) is 13.2 Å². The summed E-state index contributed by atoms with van der Waals surface area (Å²) in [6, 6.07) is 14.6. The fourth-order valence-corrected chi connectivity index (χ4v) is 9.66. The van der Waals surface area contributed by atoms with E-state index in [2.05, 4.69) is 6.58 Å². The Morgan fingerprint density at radius 3 is 1.09 bits per heavy atom. The van der Waals surface area contributed by atoms with E-state index in [0.29, 0.717) is 48.7 Å². The fraction of sp³-hybridized carbons (Fsp3) is 0.320. The number of amides is 4. The summed E-state index contributed by atoms with van der Waals surface area (Å²) in [7, 11) is 0. The lowest BCUT2D eigenvalue weighted by molar-refractivity contribution is -0.139. The number of halogens is 4. The van der Waals surface area contributed by atoms with E-state index < -0.39 is 35.6 Å². The first-order chi connectivity index (χ1) is 33.9. The Bertz CT molecular complexity index is 2890. The standard InChI is InChI=1S/C50H44Cl4N2O14/c1-2-37(57)69-22-20-67-18-16-65-14-12-63-10-8-55-46(58)29-24-33(51)40-42-35(53)26-31-39-32(27-36(54)43(45(39)42)41-34(52)25-30(47(55)59)38(29)44(40)41)49(61)56(48(31)60)9-11-64-13-15-66-17-19-68-21-23-70-50(62)28-6-4-3-5-7-28/h2-7,24-27H,1,8-23H2. The van der Waals surface area contributed by atoms with Crippen LogP contribution in [0.25, 0.3) is 43.1 Å². The number of carbonyl (C=O) groups excluding carboxylic acids is 6. The van der Waals surface area contributed by atoms with Gasteiger partial charge in [-0.15, -0.1) is 0 Å². The number of imide groups is 2. The van der Waals surface area contributed by atoms with E-state index in [-0.39, 0.29) is 148 Å². The molecular weight excluding hydrogens is 994 g/mol. The van der Waals surface area contributed by atoms with Crippen LogP contribution >= 0.6 is 46.4 Å². The number of ether oxygens (including phenoxy) is 8. The first kappa shape index (κ1) is 50.9. The molecule has 6 aromatic carbocycles. The first-order valence-electron chi connectivity index (χ1n) is 22.1. The lowest BCUT2D eigenvalue weighted by Crippen LogP contribution is -2.42. The SMILES string of the molecule is C=CC(=O)OCCOCCOCCOCCN1C(=O)c2cc(Cl)c3c4c(Cl)cc5c6c(cc(Cl)c(c7c(Cl)cc(c2c37)C1=O)c64)C(=O)N(CCOCCOCCOCCOC(=O)c1ccccc1)C5=O. The summed E-state index contributed by atoms with van der Waals surface area (Å²) in [5, 5.41) is 3.30. The van der Waals surface area contributed by atoms with Crippen molar-refractivity contribution in [2.45, 2.75) is 0 Å². The van der Waals surface area contributed by atoms with Gasteiger partial charge >= 0.3 is 11.9 Å². The topological polar surface area (TPSA) is 183 Å². The molecule has 0 unspecified atom stereocenters. The molecule has 70 heavy (non-hydrogen) atoms. The summed E-state index contributed by atoms with van der Waals surface area (Å²) >= 11 is 28.4. The van der Waals surface area contributed by atoms with Crippen molar-refractivity contribution < 1.29 is 66.7 Å². The van der Waals surface area contributed by atoms with Crippen LogP contribution in [0.2, 0.25) is 20.1 Å². The van der Waals surface area contributed by atoms with Gasteiger partial charge in [-0.1, -0.05) is 71.2 Å². The second kappa shape index (κ2) is 23.2. The van der Waals surface area contributed by atoms with Crippen LogP contribution in [-0.4, -0.2) is 151 Å². The summed E-state index contributed by atoms with van der Waals surface area (Å²) in [5.74, 6) is -3.35. The number of nitrogens with zero attached hydrogens (tertiary/aromatic N) is 2. The van der Waals surface area contributed by atoms with E-state index in [9.17, 15) is 28.8 Å². The molecule has 2 aliphatic rings. The van der Waals surface area contributed by atoms with E-state index in [1.807, 2.05) is 6.07 Å². The predicted octanol–water partition coefficient (Wildman–Crippen LogP) is 8.23. The van der Waals surface area contributed by atoms with Crippen LogP contribution < -0.4 is 0 Å². The summed E-state index contributed by atoms with van der Waals surface area (Å²) in [6.45, 7) is 5.71. The van der Waals surface area contributed by atoms with Gasteiger partial charge in [-0.25, -0.2) is 9.59 Å². The number of rotatable bonds is 26. The quantitative estimate of drug-likeness (QED) is 0.0126.